The van der Waals surface area contributed by atoms with Crippen molar-refractivity contribution >= 4 is 23.1 Å². The summed E-state index contributed by atoms with van der Waals surface area (Å²) in [5.74, 6) is -0.776. The van der Waals surface area contributed by atoms with Crippen LogP contribution in [0.3, 0.4) is 0 Å². The van der Waals surface area contributed by atoms with Crippen molar-refractivity contribution in [2.75, 3.05) is 11.9 Å². The quantitative estimate of drug-likeness (QED) is 0.712. The van der Waals surface area contributed by atoms with Gasteiger partial charge in [0, 0.05) is 12.1 Å². The maximum absolute atomic E-state index is 13.0. The van der Waals surface area contributed by atoms with E-state index in [1.165, 1.54) is 6.07 Å². The van der Waals surface area contributed by atoms with Crippen molar-refractivity contribution in [2.45, 2.75) is 19.1 Å². The van der Waals surface area contributed by atoms with Crippen molar-refractivity contribution in [1.82, 2.24) is 19.8 Å². The molecule has 0 radical (unpaired) electrons. The third-order valence-corrected chi connectivity index (χ3v) is 4.05. The van der Waals surface area contributed by atoms with Crippen LogP contribution in [0, 0.1) is 0 Å². The summed E-state index contributed by atoms with van der Waals surface area (Å²) in [5.41, 5.74) is 1.00. The summed E-state index contributed by atoms with van der Waals surface area (Å²) in [4.78, 5) is 1.77. The first-order valence-electron chi connectivity index (χ1n) is 7.05. The van der Waals surface area contributed by atoms with Crippen LogP contribution < -0.4 is 4.90 Å². The molecule has 0 unspecified atom stereocenters. The van der Waals surface area contributed by atoms with E-state index in [1.54, 1.807) is 30.1 Å². The molecule has 0 aliphatic heterocycles. The second kappa shape index (κ2) is 5.94. The number of alkyl halides is 3. The lowest BCUT2D eigenvalue weighted by molar-refractivity contribution is -0.146. The Balaban J connectivity index is 1.97. The molecule has 1 aromatic carbocycles. The highest BCUT2D eigenvalue weighted by molar-refractivity contribution is 6.30. The summed E-state index contributed by atoms with van der Waals surface area (Å²) in [6.07, 6.45) is -4.62. The van der Waals surface area contributed by atoms with Crippen LogP contribution in [0.5, 0.6) is 0 Å². The number of halogens is 4. The summed E-state index contributed by atoms with van der Waals surface area (Å²) in [5, 5.41) is 11.3. The summed E-state index contributed by atoms with van der Waals surface area (Å²) in [6.45, 7) is 1.92. The first-order valence-corrected chi connectivity index (χ1v) is 7.43. The van der Waals surface area contributed by atoms with E-state index < -0.39 is 12.0 Å². The van der Waals surface area contributed by atoms with Crippen molar-refractivity contribution in [2.24, 2.45) is 0 Å². The summed E-state index contributed by atoms with van der Waals surface area (Å²) in [6, 6.07) is 10.2. The third-order valence-electron chi connectivity index (χ3n) is 3.80. The molecule has 0 amide bonds. The Hall–Kier alpha value is -2.35. The minimum atomic E-state index is -4.62. The Labute approximate surface area is 140 Å². The molecule has 9 heteroatoms. The molecule has 3 rings (SSSR count). The van der Waals surface area contributed by atoms with Gasteiger partial charge in [-0.1, -0.05) is 23.7 Å². The summed E-state index contributed by atoms with van der Waals surface area (Å²) < 4.78 is 39.6. The average Bonchev–Trinajstić information content (AvgIpc) is 2.97. The van der Waals surface area contributed by atoms with E-state index in [0.717, 1.165) is 5.56 Å². The Bertz CT molecular complexity index is 860. The van der Waals surface area contributed by atoms with Gasteiger partial charge in [-0.25, -0.2) is 0 Å². The van der Waals surface area contributed by atoms with Gasteiger partial charge in [0.2, 0.25) is 0 Å². The Morgan fingerprint density at radius 1 is 1.08 bits per heavy atom. The van der Waals surface area contributed by atoms with E-state index in [1.807, 2.05) is 19.1 Å². The number of benzene rings is 1. The first-order chi connectivity index (χ1) is 11.3. The highest BCUT2D eigenvalue weighted by atomic mass is 35.5. The fourth-order valence-corrected chi connectivity index (χ4v) is 2.43. The number of hydrogen-bond donors (Lipinski definition) is 0. The normalized spacial score (nSPS) is 13.2. The fraction of sp³-hybridized carbons (Fsp3) is 0.267. The topological polar surface area (TPSA) is 46.3 Å². The van der Waals surface area contributed by atoms with Crippen LogP contribution in [0.15, 0.2) is 36.4 Å². The number of fused-ring (bicyclic) bond motifs is 1. The molecule has 5 nitrogen and oxygen atoms in total. The number of hydrogen-bond acceptors (Lipinski definition) is 4. The van der Waals surface area contributed by atoms with Crippen molar-refractivity contribution in [3.63, 3.8) is 0 Å². The van der Waals surface area contributed by atoms with E-state index in [0.29, 0.717) is 15.4 Å². The molecular formula is C15H13ClF3N5. The Morgan fingerprint density at radius 2 is 1.75 bits per heavy atom. The minimum absolute atomic E-state index is 0.0404. The SMILES string of the molecule is C[C@H](c1ccc(Cl)cc1)N(C)c1ccc2nnc(C(F)(F)F)n2n1. The number of anilines is 1. The van der Waals surface area contributed by atoms with Crippen LogP contribution in [0.2, 0.25) is 5.02 Å². The molecule has 0 spiro atoms. The zero-order valence-electron chi connectivity index (χ0n) is 12.8. The molecule has 3 aromatic rings. The zero-order chi connectivity index (χ0) is 17.5. The maximum atomic E-state index is 13.0. The van der Waals surface area contributed by atoms with E-state index >= 15 is 0 Å². The predicted molar refractivity (Wildman–Crippen MR) is 84.1 cm³/mol. The van der Waals surface area contributed by atoms with Crippen LogP contribution in [-0.4, -0.2) is 26.9 Å². The van der Waals surface area contributed by atoms with Crippen LogP contribution in [0.25, 0.3) is 5.65 Å². The molecule has 2 aromatic heterocycles. The van der Waals surface area contributed by atoms with Crippen LogP contribution in [0.4, 0.5) is 19.0 Å². The number of aromatic nitrogens is 4. The molecule has 0 saturated heterocycles. The summed E-state index contributed by atoms with van der Waals surface area (Å²) in [7, 11) is 1.76. The van der Waals surface area contributed by atoms with Gasteiger partial charge < -0.3 is 4.90 Å². The molecule has 0 aliphatic carbocycles. The van der Waals surface area contributed by atoms with Gasteiger partial charge in [0.1, 0.15) is 5.82 Å². The number of nitrogens with zero attached hydrogens (tertiary/aromatic N) is 5. The van der Waals surface area contributed by atoms with Crippen LogP contribution in [-0.2, 0) is 6.18 Å². The van der Waals surface area contributed by atoms with Gasteiger partial charge in [-0.15, -0.1) is 15.3 Å². The molecule has 0 saturated carbocycles. The Kier molecular flexibility index (Phi) is 4.08. The fourth-order valence-electron chi connectivity index (χ4n) is 2.31. The van der Waals surface area contributed by atoms with Gasteiger partial charge in [-0.3, -0.25) is 0 Å². The molecule has 2 heterocycles. The molecule has 24 heavy (non-hydrogen) atoms. The lowest BCUT2D eigenvalue weighted by Crippen LogP contribution is -2.24. The molecule has 1 atom stereocenters. The first kappa shape index (κ1) is 16.5. The van der Waals surface area contributed by atoms with Gasteiger partial charge in [0.25, 0.3) is 5.82 Å². The molecule has 0 aliphatic rings. The molecular weight excluding hydrogens is 343 g/mol. The van der Waals surface area contributed by atoms with Crippen LogP contribution in [0.1, 0.15) is 24.4 Å². The van der Waals surface area contributed by atoms with Gasteiger partial charge in [0.15, 0.2) is 5.65 Å². The van der Waals surface area contributed by atoms with E-state index in [-0.39, 0.29) is 11.7 Å². The average molecular weight is 356 g/mol. The molecule has 0 N–H and O–H groups in total. The van der Waals surface area contributed by atoms with Crippen molar-refractivity contribution in [3.05, 3.63) is 52.8 Å². The van der Waals surface area contributed by atoms with E-state index in [9.17, 15) is 13.2 Å². The second-order valence-electron chi connectivity index (χ2n) is 5.32. The molecule has 0 bridgehead atoms. The predicted octanol–water partition coefficient (Wildman–Crippen LogP) is 3.99. The van der Waals surface area contributed by atoms with E-state index in [4.69, 9.17) is 11.6 Å². The lowest BCUT2D eigenvalue weighted by Gasteiger charge is -2.26. The van der Waals surface area contributed by atoms with Crippen LogP contribution >= 0.6 is 11.6 Å². The van der Waals surface area contributed by atoms with Crippen molar-refractivity contribution in [1.29, 1.82) is 0 Å². The van der Waals surface area contributed by atoms with E-state index in [2.05, 4.69) is 15.3 Å². The van der Waals surface area contributed by atoms with Crippen molar-refractivity contribution < 1.29 is 13.2 Å². The van der Waals surface area contributed by atoms with Gasteiger partial charge in [0.05, 0.1) is 6.04 Å². The van der Waals surface area contributed by atoms with Crippen molar-refractivity contribution in [3.8, 4) is 0 Å². The number of rotatable bonds is 3. The van der Waals surface area contributed by atoms with Gasteiger partial charge >= 0.3 is 6.18 Å². The Morgan fingerprint density at radius 3 is 2.38 bits per heavy atom. The maximum Gasteiger partial charge on any atom is 0.453 e. The zero-order valence-corrected chi connectivity index (χ0v) is 13.5. The standard InChI is InChI=1S/C15H13ClF3N5/c1-9(10-3-5-11(16)6-4-10)23(2)13-8-7-12-20-21-14(15(17,18)19)24(12)22-13/h3-9H,1-2H3/t9-/m1/s1. The third kappa shape index (κ3) is 3.01. The highest BCUT2D eigenvalue weighted by Gasteiger charge is 2.37. The summed E-state index contributed by atoms with van der Waals surface area (Å²) >= 11 is 5.88. The lowest BCUT2D eigenvalue weighted by atomic mass is 10.1. The molecule has 0 fully saturated rings. The van der Waals surface area contributed by atoms with Gasteiger partial charge in [-0.2, -0.15) is 17.7 Å². The smallest absolute Gasteiger partial charge is 0.351 e. The minimum Gasteiger partial charge on any atom is -0.351 e. The largest absolute Gasteiger partial charge is 0.453 e. The highest BCUT2D eigenvalue weighted by Crippen LogP contribution is 2.29. The van der Waals surface area contributed by atoms with Gasteiger partial charge in [-0.05, 0) is 36.8 Å². The monoisotopic (exact) mass is 355 g/mol. The second-order valence-corrected chi connectivity index (χ2v) is 5.76. The molecule has 126 valence electrons.